The van der Waals surface area contributed by atoms with E-state index in [1.807, 2.05) is 4.90 Å². The van der Waals surface area contributed by atoms with Crippen molar-refractivity contribution < 1.29 is 31.1 Å². The number of hydrogen-bond donors (Lipinski definition) is 2. The summed E-state index contributed by atoms with van der Waals surface area (Å²) >= 11 is 0. The molecular formula is C31H38F3N7O4S. The van der Waals surface area contributed by atoms with Crippen LogP contribution in [0, 0.1) is 11.3 Å². The van der Waals surface area contributed by atoms with Gasteiger partial charge in [0.25, 0.3) is 15.9 Å². The highest BCUT2D eigenvalue weighted by Gasteiger charge is 2.62. The lowest BCUT2D eigenvalue weighted by atomic mass is 9.92. The van der Waals surface area contributed by atoms with Crippen LogP contribution in [0.1, 0.15) is 75.6 Å². The molecule has 1 amide bonds. The van der Waals surface area contributed by atoms with Crippen molar-refractivity contribution in [1.82, 2.24) is 24.5 Å². The third kappa shape index (κ3) is 6.65. The number of rotatable bonds is 5. The number of carbonyl (C=O) groups excluding carboxylic acids is 1. The smallest absolute Gasteiger partial charge is 0.394 e. The molecule has 248 valence electrons. The van der Waals surface area contributed by atoms with Crippen LogP contribution in [0.25, 0.3) is 5.82 Å². The number of halogens is 3. The van der Waals surface area contributed by atoms with Gasteiger partial charge in [-0.05, 0) is 82.6 Å². The number of ether oxygens (including phenoxy) is 1. The van der Waals surface area contributed by atoms with Crippen LogP contribution in [0.2, 0.25) is 0 Å². The molecule has 3 aromatic heterocycles. The summed E-state index contributed by atoms with van der Waals surface area (Å²) in [4.78, 5) is 24.7. The van der Waals surface area contributed by atoms with E-state index in [1.54, 1.807) is 24.4 Å². The van der Waals surface area contributed by atoms with Crippen LogP contribution >= 0.6 is 0 Å². The van der Waals surface area contributed by atoms with Crippen LogP contribution in [-0.2, 0) is 10.0 Å². The summed E-state index contributed by atoms with van der Waals surface area (Å²) < 4.78 is 75.6. The van der Waals surface area contributed by atoms with Crippen molar-refractivity contribution in [3.8, 4) is 11.7 Å². The van der Waals surface area contributed by atoms with Gasteiger partial charge < -0.3 is 15.0 Å². The van der Waals surface area contributed by atoms with Gasteiger partial charge in [-0.3, -0.25) is 4.79 Å². The minimum Gasteiger partial charge on any atom is -0.477 e. The second-order valence-electron chi connectivity index (χ2n) is 13.1. The Kier molecular flexibility index (Phi) is 8.40. The Morgan fingerprint density at radius 3 is 2.63 bits per heavy atom. The van der Waals surface area contributed by atoms with Crippen molar-refractivity contribution in [2.45, 2.75) is 82.0 Å². The zero-order valence-electron chi connectivity index (χ0n) is 25.8. The minimum atomic E-state index is -4.31. The van der Waals surface area contributed by atoms with E-state index in [-0.39, 0.29) is 47.9 Å². The van der Waals surface area contributed by atoms with Gasteiger partial charge in [0, 0.05) is 30.9 Å². The topological polar surface area (TPSA) is 131 Å². The fourth-order valence-electron chi connectivity index (χ4n) is 6.43. The van der Waals surface area contributed by atoms with Gasteiger partial charge in [-0.25, -0.2) is 19.4 Å². The molecule has 3 aliphatic rings. The molecule has 1 atom stereocenters. The lowest BCUT2D eigenvalue weighted by Gasteiger charge is -2.34. The van der Waals surface area contributed by atoms with E-state index in [1.165, 1.54) is 22.9 Å². The number of nitrogens with one attached hydrogen (secondary N) is 2. The minimum absolute atomic E-state index is 0.0742. The first-order chi connectivity index (χ1) is 21.8. The zero-order chi connectivity index (χ0) is 32.7. The summed E-state index contributed by atoms with van der Waals surface area (Å²) in [5.74, 6) is 0.705. The van der Waals surface area contributed by atoms with E-state index in [9.17, 15) is 26.4 Å². The zero-order valence-corrected chi connectivity index (χ0v) is 26.6. The molecule has 11 nitrogen and oxygen atoms in total. The van der Waals surface area contributed by atoms with Crippen molar-refractivity contribution in [2.24, 2.45) is 11.3 Å². The number of hydrogen-bond acceptors (Lipinski definition) is 9. The number of aromatic nitrogens is 4. The van der Waals surface area contributed by atoms with E-state index in [0.29, 0.717) is 36.5 Å². The summed E-state index contributed by atoms with van der Waals surface area (Å²) in [5.41, 5.74) is -1.98. The predicted octanol–water partition coefficient (Wildman–Crippen LogP) is 5.48. The predicted molar refractivity (Wildman–Crippen MR) is 165 cm³/mol. The fourth-order valence-corrected chi connectivity index (χ4v) is 7.37. The summed E-state index contributed by atoms with van der Waals surface area (Å²) in [6.45, 7) is 5.30. The maximum atomic E-state index is 13.7. The number of alkyl halides is 3. The Bertz CT molecular complexity index is 1710. The lowest BCUT2D eigenvalue weighted by Crippen LogP contribution is -2.41. The highest BCUT2D eigenvalue weighted by molar-refractivity contribution is 7.90. The molecule has 2 fully saturated rings. The number of amides is 1. The van der Waals surface area contributed by atoms with Crippen molar-refractivity contribution in [2.75, 3.05) is 29.9 Å². The quantitative estimate of drug-likeness (QED) is 0.365. The van der Waals surface area contributed by atoms with Crippen LogP contribution in [0.5, 0.6) is 5.88 Å². The number of anilines is 2. The van der Waals surface area contributed by atoms with Crippen LogP contribution in [0.4, 0.5) is 24.8 Å². The molecule has 6 rings (SSSR count). The van der Waals surface area contributed by atoms with Gasteiger partial charge in [0.2, 0.25) is 5.88 Å². The molecule has 1 saturated heterocycles. The molecule has 1 aliphatic carbocycles. The van der Waals surface area contributed by atoms with Crippen LogP contribution in [0.3, 0.4) is 0 Å². The van der Waals surface area contributed by atoms with Crippen molar-refractivity contribution in [3.05, 3.63) is 48.2 Å². The Labute approximate surface area is 266 Å². The molecule has 0 radical (unpaired) electrons. The van der Waals surface area contributed by atoms with Gasteiger partial charge in [0.05, 0.1) is 17.6 Å². The average molecular weight is 662 g/mol. The summed E-state index contributed by atoms with van der Waals surface area (Å²) in [5, 5.41) is 7.25. The van der Waals surface area contributed by atoms with Crippen molar-refractivity contribution >= 4 is 27.6 Å². The largest absolute Gasteiger partial charge is 0.477 e. The van der Waals surface area contributed by atoms with E-state index in [4.69, 9.17) is 9.72 Å². The second kappa shape index (κ2) is 12.0. The first kappa shape index (κ1) is 32.1. The summed E-state index contributed by atoms with van der Waals surface area (Å²) in [7, 11) is -4.31. The molecule has 0 aromatic carbocycles. The van der Waals surface area contributed by atoms with Gasteiger partial charge in [-0.15, -0.1) is 5.10 Å². The molecule has 46 heavy (non-hydrogen) atoms. The Morgan fingerprint density at radius 1 is 1.07 bits per heavy atom. The van der Waals surface area contributed by atoms with E-state index < -0.39 is 27.5 Å². The van der Waals surface area contributed by atoms with Crippen molar-refractivity contribution in [1.29, 1.82) is 0 Å². The maximum Gasteiger partial charge on any atom is 0.394 e. The molecule has 2 aliphatic heterocycles. The normalized spacial score (nSPS) is 22.2. The monoisotopic (exact) mass is 661 g/mol. The molecule has 2 N–H and O–H groups in total. The third-order valence-electron chi connectivity index (χ3n) is 9.23. The van der Waals surface area contributed by atoms with Crippen LogP contribution < -0.4 is 19.7 Å². The molecular weight excluding hydrogens is 623 g/mol. The Morgan fingerprint density at radius 2 is 1.87 bits per heavy atom. The third-order valence-corrected chi connectivity index (χ3v) is 10.5. The molecule has 15 heteroatoms. The van der Waals surface area contributed by atoms with E-state index in [2.05, 4.69) is 34.0 Å². The molecule has 3 aromatic rings. The Balaban J connectivity index is 1.30. The molecule has 1 saturated carbocycles. The van der Waals surface area contributed by atoms with Gasteiger partial charge in [-0.1, -0.05) is 18.9 Å². The molecule has 4 bridgehead atoms. The lowest BCUT2D eigenvalue weighted by molar-refractivity contribution is -0.190. The highest BCUT2D eigenvalue weighted by Crippen LogP contribution is 2.59. The molecule has 5 heterocycles. The van der Waals surface area contributed by atoms with Gasteiger partial charge in [0.1, 0.15) is 11.6 Å². The number of fused-ring (bicyclic) bond motifs is 6. The first-order valence-electron chi connectivity index (χ1n) is 15.6. The van der Waals surface area contributed by atoms with Crippen molar-refractivity contribution in [3.63, 3.8) is 0 Å². The van der Waals surface area contributed by atoms with E-state index >= 15 is 0 Å². The standard InChI is InChI=1S/C31H38F3N7O4S/c1-29(2)19-21-7-4-3-5-16-35-23-8-6-9-26(36-23)46(43,44)39-28(42)22-10-11-24(37-27(22)40(29)20-21)41-17-12-25(38-41)45-18-15-30(13-14-30)31(32,33)34/h6,8-12,17,21H,3-5,7,13-16,18-20H2,1-2H3,(H,35,36)(H,39,42)/t21-/m1/s1. The van der Waals surface area contributed by atoms with Gasteiger partial charge >= 0.3 is 6.18 Å². The van der Waals surface area contributed by atoms with Gasteiger partial charge in [0.15, 0.2) is 10.8 Å². The number of nitrogens with zero attached hydrogens (tertiary/aromatic N) is 5. The van der Waals surface area contributed by atoms with Crippen LogP contribution in [-0.4, -0.2) is 65.5 Å². The number of carbonyl (C=O) groups is 1. The highest BCUT2D eigenvalue weighted by atomic mass is 32.2. The van der Waals surface area contributed by atoms with Gasteiger partial charge in [-0.2, -0.15) is 21.6 Å². The second-order valence-corrected chi connectivity index (χ2v) is 14.7. The fraction of sp³-hybridized carbons (Fsp3) is 0.548. The number of pyridine rings is 2. The van der Waals surface area contributed by atoms with Crippen LogP contribution in [0.15, 0.2) is 47.6 Å². The van der Waals surface area contributed by atoms with E-state index in [0.717, 1.165) is 32.1 Å². The SMILES string of the molecule is CC1(C)C[C@H]2CCCCCNc3cccc(n3)S(=O)(=O)NC(=O)c3ccc(-n4ccc(OCCC5(C(F)(F)F)CC5)n4)nc3N1C2. The molecule has 0 spiro atoms. The average Bonchev–Trinajstić information content (AvgIpc) is 3.54. The first-order valence-corrected chi connectivity index (χ1v) is 17.1. The summed E-state index contributed by atoms with van der Waals surface area (Å²) in [6.07, 6.45) is 2.20. The molecule has 0 unspecified atom stereocenters. The maximum absolute atomic E-state index is 13.7. The summed E-state index contributed by atoms with van der Waals surface area (Å²) in [6, 6.07) is 9.17. The Hall–Kier alpha value is -3.88. The number of sulfonamides is 1.